The molecule has 0 heterocycles. The molecule has 0 saturated heterocycles. The summed E-state index contributed by atoms with van der Waals surface area (Å²) in [5, 5.41) is 11.8. The summed E-state index contributed by atoms with van der Waals surface area (Å²) in [5.74, 6) is -2.32. The van der Waals surface area contributed by atoms with Crippen molar-refractivity contribution in [2.75, 3.05) is 47.5 Å². The predicted molar refractivity (Wildman–Crippen MR) is 379 cm³/mol. The molecule has 2 unspecified atom stereocenters. The van der Waals surface area contributed by atoms with Gasteiger partial charge in [0.2, 0.25) is 0 Å². The molecular weight excluding hydrogens is 1100 g/mol. The highest BCUT2D eigenvalue weighted by Crippen LogP contribution is 2.17. The zero-order valence-electron chi connectivity index (χ0n) is 57.5. The molecule has 0 bridgehead atoms. The minimum Gasteiger partial charge on any atom is -0.545 e. The van der Waals surface area contributed by atoms with Crippen LogP contribution < -0.4 is 5.11 Å². The first kappa shape index (κ1) is 83.9. The van der Waals surface area contributed by atoms with Gasteiger partial charge in [-0.3, -0.25) is 9.59 Å². The Bertz CT molecular complexity index is 2020. The van der Waals surface area contributed by atoms with Crippen LogP contribution in [0.15, 0.2) is 158 Å². The maximum Gasteiger partial charge on any atom is 0.306 e. The number of carbonyl (C=O) groups excluding carboxylic acids is 3. The van der Waals surface area contributed by atoms with Gasteiger partial charge in [0, 0.05) is 12.8 Å². The van der Waals surface area contributed by atoms with E-state index in [0.29, 0.717) is 17.4 Å². The number of nitrogens with zero attached hydrogens (tertiary/aromatic N) is 1. The van der Waals surface area contributed by atoms with Gasteiger partial charge in [-0.25, -0.2) is 0 Å². The van der Waals surface area contributed by atoms with Gasteiger partial charge in [0.05, 0.1) is 40.3 Å². The normalized spacial score (nSPS) is 13.7. The van der Waals surface area contributed by atoms with Crippen LogP contribution in [-0.2, 0) is 33.3 Å². The Morgan fingerprint density at radius 1 is 0.337 bits per heavy atom. The van der Waals surface area contributed by atoms with E-state index in [4.69, 9.17) is 18.9 Å². The van der Waals surface area contributed by atoms with Crippen molar-refractivity contribution in [3.8, 4) is 0 Å². The van der Waals surface area contributed by atoms with E-state index in [0.717, 1.165) is 135 Å². The van der Waals surface area contributed by atoms with E-state index < -0.39 is 24.3 Å². The summed E-state index contributed by atoms with van der Waals surface area (Å²) in [4.78, 5) is 37.5. The Hall–Kier alpha value is -5.09. The monoisotopic (exact) mass is 1230 g/mol. The third-order valence-corrected chi connectivity index (χ3v) is 14.8. The Labute approximate surface area is 546 Å². The van der Waals surface area contributed by atoms with Crippen LogP contribution in [0, 0.1) is 0 Å². The summed E-state index contributed by atoms with van der Waals surface area (Å²) < 4.78 is 22.8. The molecule has 0 N–H and O–H groups in total. The Balaban J connectivity index is 4.19. The minimum atomic E-state index is -1.64. The van der Waals surface area contributed by atoms with Crippen molar-refractivity contribution in [3.05, 3.63) is 158 Å². The molecule has 0 aromatic heterocycles. The minimum absolute atomic E-state index is 0.136. The third kappa shape index (κ3) is 70.2. The van der Waals surface area contributed by atoms with Gasteiger partial charge in [0.15, 0.2) is 12.4 Å². The van der Waals surface area contributed by atoms with E-state index in [1.165, 1.54) is 103 Å². The fourth-order valence-corrected chi connectivity index (χ4v) is 9.40. The number of ether oxygens (including phenoxy) is 4. The predicted octanol–water partition coefficient (Wildman–Crippen LogP) is 21.1. The number of aliphatic carboxylic acids is 1. The smallest absolute Gasteiger partial charge is 0.306 e. The van der Waals surface area contributed by atoms with Crippen molar-refractivity contribution < 1.29 is 42.9 Å². The number of unbranched alkanes of at least 4 members (excludes halogenated alkanes) is 23. The van der Waals surface area contributed by atoms with E-state index in [2.05, 4.69) is 172 Å². The van der Waals surface area contributed by atoms with Gasteiger partial charge in [-0.1, -0.05) is 294 Å². The second-order valence-corrected chi connectivity index (χ2v) is 24.4. The lowest BCUT2D eigenvalue weighted by Crippen LogP contribution is -2.44. The first-order valence-corrected chi connectivity index (χ1v) is 35.6. The molecule has 0 saturated carbocycles. The molecule has 0 radical (unpaired) electrons. The lowest BCUT2D eigenvalue weighted by atomic mass is 10.0. The van der Waals surface area contributed by atoms with Crippen molar-refractivity contribution in [1.29, 1.82) is 0 Å². The van der Waals surface area contributed by atoms with Gasteiger partial charge >= 0.3 is 11.9 Å². The summed E-state index contributed by atoms with van der Waals surface area (Å²) in [7, 11) is 5.92. The summed E-state index contributed by atoms with van der Waals surface area (Å²) >= 11 is 0. The summed E-state index contributed by atoms with van der Waals surface area (Å²) in [6.45, 7) is 4.50. The molecule has 504 valence electrons. The number of carboxylic acids is 1. The first-order chi connectivity index (χ1) is 43.6. The number of esters is 2. The summed E-state index contributed by atoms with van der Waals surface area (Å²) in [5.41, 5.74) is 0. The number of rotatable bonds is 64. The molecule has 0 amide bonds. The van der Waals surface area contributed by atoms with E-state index in [9.17, 15) is 19.5 Å². The number of hydrogen-bond acceptors (Lipinski definition) is 8. The van der Waals surface area contributed by atoms with E-state index in [-0.39, 0.29) is 38.6 Å². The van der Waals surface area contributed by atoms with Crippen molar-refractivity contribution in [3.63, 3.8) is 0 Å². The van der Waals surface area contributed by atoms with Crippen LogP contribution in [0.25, 0.3) is 0 Å². The molecule has 9 heteroatoms. The molecule has 0 spiro atoms. The topological polar surface area (TPSA) is 111 Å². The highest BCUT2D eigenvalue weighted by Gasteiger charge is 2.22. The van der Waals surface area contributed by atoms with Crippen molar-refractivity contribution in [2.45, 2.75) is 283 Å². The van der Waals surface area contributed by atoms with Gasteiger partial charge in [0.25, 0.3) is 0 Å². The number of allylic oxidation sites excluding steroid dienone is 26. The molecule has 0 aromatic rings. The van der Waals surface area contributed by atoms with Gasteiger partial charge in [0.1, 0.15) is 13.2 Å². The first-order valence-electron chi connectivity index (χ1n) is 35.6. The zero-order valence-corrected chi connectivity index (χ0v) is 57.5. The van der Waals surface area contributed by atoms with Crippen LogP contribution in [0.1, 0.15) is 271 Å². The molecule has 9 nitrogen and oxygen atoms in total. The van der Waals surface area contributed by atoms with E-state index >= 15 is 0 Å². The molecule has 89 heavy (non-hydrogen) atoms. The van der Waals surface area contributed by atoms with E-state index in [1.807, 2.05) is 21.1 Å². The fraction of sp³-hybridized carbons (Fsp3) is 0.637. The zero-order chi connectivity index (χ0) is 64.7. The van der Waals surface area contributed by atoms with Crippen LogP contribution in [0.3, 0.4) is 0 Å². The molecule has 0 fully saturated rings. The molecule has 0 aromatic carbocycles. The maximum atomic E-state index is 12.9. The lowest BCUT2D eigenvalue weighted by molar-refractivity contribution is -0.870. The van der Waals surface area contributed by atoms with Crippen LogP contribution >= 0.6 is 0 Å². The standard InChI is InChI=1S/C80H131NO8/c1-6-8-10-12-14-16-18-20-22-24-26-28-30-32-34-36-38-39-41-43-45-47-49-51-53-55-57-59-61-63-65-67-69-71-78(83)89-76(75-88-80(79(84)85)86-73-72-81(3,4)5)74-87-77(82)70-68-66-64-62-60-58-56-54-52-50-48-46-44-42-40-37-35-33-31-29-27-25-23-21-19-17-15-13-11-9-7-2/h8-11,14-17,20-23,26-29,32,34,38-39,43,45,49,51,55,57,76,80H,6-7,12-13,18-19,24-25,30-31,33,35-37,40-42,44,46-48,50,52-54,56,58-75H2,1-5H3/b10-8-,11-9-,16-14-,17-15-,22-20-,23-21-,28-26-,29-27-,34-32-,39-38-,45-43-,51-49-,57-55-. The second kappa shape index (κ2) is 68.8. The van der Waals surface area contributed by atoms with Crippen LogP contribution in [0.4, 0.5) is 0 Å². The van der Waals surface area contributed by atoms with Gasteiger partial charge < -0.3 is 33.3 Å². The SMILES string of the molecule is CC/C=C\C/C=C\C/C=C\C/C=C\C/C=C\C/C=C\C/C=C\C/C=C\C/C=C\CCCCCCCC(=O)OC(COC(=O)CCCCCCCCCCCCCCCCCCCC/C=C\C/C=C\C/C=C\C/C=C\CC)COC(OCC[N+](C)(C)C)C(=O)[O-]. The van der Waals surface area contributed by atoms with Crippen LogP contribution in [0.2, 0.25) is 0 Å². The number of hydrogen-bond donors (Lipinski definition) is 0. The second-order valence-electron chi connectivity index (χ2n) is 24.4. The molecule has 0 aliphatic heterocycles. The molecule has 0 aliphatic carbocycles. The Morgan fingerprint density at radius 3 is 0.899 bits per heavy atom. The molecule has 0 aliphatic rings. The molecular formula is C80H131NO8. The van der Waals surface area contributed by atoms with Gasteiger partial charge in [-0.05, 0) is 122 Å². The average molecular weight is 1230 g/mol. The van der Waals surface area contributed by atoms with Crippen LogP contribution in [-0.4, -0.2) is 82.3 Å². The number of carboxylic acid groups (broad SMARTS) is 1. The quantitative estimate of drug-likeness (QED) is 0.0195. The number of likely N-dealkylation sites (N-methyl/N-ethyl adjacent to an activating group) is 1. The van der Waals surface area contributed by atoms with Crippen molar-refractivity contribution >= 4 is 17.9 Å². The highest BCUT2D eigenvalue weighted by molar-refractivity contribution is 5.70. The van der Waals surface area contributed by atoms with Gasteiger partial charge in [-0.15, -0.1) is 0 Å². The maximum absolute atomic E-state index is 12.9. The Morgan fingerprint density at radius 2 is 0.607 bits per heavy atom. The molecule has 0 rings (SSSR count). The number of quaternary nitrogens is 1. The van der Waals surface area contributed by atoms with E-state index in [1.54, 1.807) is 0 Å². The lowest BCUT2D eigenvalue weighted by Gasteiger charge is -2.26. The summed E-state index contributed by atoms with van der Waals surface area (Å²) in [6, 6.07) is 0. The number of carbonyl (C=O) groups is 3. The average Bonchev–Trinajstić information content (AvgIpc) is 3.64. The molecule has 2 atom stereocenters. The van der Waals surface area contributed by atoms with Crippen molar-refractivity contribution in [1.82, 2.24) is 0 Å². The van der Waals surface area contributed by atoms with Gasteiger partial charge in [-0.2, -0.15) is 0 Å². The highest BCUT2D eigenvalue weighted by atomic mass is 16.7. The summed E-state index contributed by atoms with van der Waals surface area (Å²) in [6.07, 6.45) is 98.9. The largest absolute Gasteiger partial charge is 0.545 e. The van der Waals surface area contributed by atoms with Crippen LogP contribution in [0.5, 0.6) is 0 Å². The Kier molecular flexibility index (Phi) is 64.9. The third-order valence-electron chi connectivity index (χ3n) is 14.8. The van der Waals surface area contributed by atoms with Crippen molar-refractivity contribution in [2.24, 2.45) is 0 Å². The fourth-order valence-electron chi connectivity index (χ4n) is 9.40.